The van der Waals surface area contributed by atoms with Crippen molar-refractivity contribution in [2.75, 3.05) is 17.3 Å². The Morgan fingerprint density at radius 2 is 1.71 bits per heavy atom. The second-order valence-corrected chi connectivity index (χ2v) is 7.18. The number of hydrogen-bond acceptors (Lipinski definition) is 5. The van der Waals surface area contributed by atoms with Gasteiger partial charge >= 0.3 is 5.97 Å². The fourth-order valence-corrected chi connectivity index (χ4v) is 3.51. The predicted molar refractivity (Wildman–Crippen MR) is 106 cm³/mol. The number of carboxylic acid groups (broad SMARTS) is 1. The van der Waals surface area contributed by atoms with E-state index >= 15 is 0 Å². The van der Waals surface area contributed by atoms with Crippen LogP contribution in [0, 0.1) is 0 Å². The molecule has 1 aliphatic heterocycles. The lowest BCUT2D eigenvalue weighted by molar-refractivity contribution is -0.120. The molecule has 1 aliphatic rings. The molecule has 0 fully saturated rings. The van der Waals surface area contributed by atoms with Gasteiger partial charge in [0.15, 0.2) is 0 Å². The van der Waals surface area contributed by atoms with Crippen LogP contribution in [0.3, 0.4) is 0 Å². The van der Waals surface area contributed by atoms with Gasteiger partial charge in [0, 0.05) is 5.69 Å². The van der Waals surface area contributed by atoms with E-state index < -0.39 is 29.7 Å². The van der Waals surface area contributed by atoms with Crippen molar-refractivity contribution in [3.63, 3.8) is 0 Å². The summed E-state index contributed by atoms with van der Waals surface area (Å²) in [6.45, 7) is 0. The van der Waals surface area contributed by atoms with Crippen LogP contribution in [0.15, 0.2) is 48.5 Å². The minimum Gasteiger partial charge on any atom is -0.478 e. The Labute approximate surface area is 165 Å². The van der Waals surface area contributed by atoms with Crippen molar-refractivity contribution in [1.29, 1.82) is 0 Å². The summed E-state index contributed by atoms with van der Waals surface area (Å²) < 4.78 is 0. The topological polar surface area (TPSA) is 104 Å². The van der Waals surface area contributed by atoms with Crippen molar-refractivity contribution >= 4 is 41.1 Å². The van der Waals surface area contributed by atoms with Gasteiger partial charge in [-0.3, -0.25) is 19.3 Å². The van der Waals surface area contributed by atoms with E-state index in [9.17, 15) is 19.2 Å². The van der Waals surface area contributed by atoms with Crippen LogP contribution in [0.1, 0.15) is 37.5 Å². The molecule has 1 unspecified atom stereocenters. The lowest BCUT2D eigenvalue weighted by Crippen LogP contribution is -2.47. The van der Waals surface area contributed by atoms with Gasteiger partial charge in [0.1, 0.15) is 6.04 Å². The van der Waals surface area contributed by atoms with E-state index in [1.165, 1.54) is 30.0 Å². The van der Waals surface area contributed by atoms with Crippen LogP contribution in [0.5, 0.6) is 0 Å². The van der Waals surface area contributed by atoms with Crippen molar-refractivity contribution in [2.24, 2.45) is 0 Å². The number of nitrogens with zero attached hydrogens (tertiary/aromatic N) is 1. The Morgan fingerprint density at radius 3 is 2.29 bits per heavy atom. The lowest BCUT2D eigenvalue weighted by Gasteiger charge is -2.25. The number of imide groups is 1. The van der Waals surface area contributed by atoms with Crippen LogP contribution in [0.2, 0.25) is 0 Å². The Kier molecular flexibility index (Phi) is 5.79. The number of fused-ring (bicyclic) bond motifs is 1. The van der Waals surface area contributed by atoms with Crippen LogP contribution >= 0.6 is 11.8 Å². The van der Waals surface area contributed by atoms with Crippen molar-refractivity contribution in [2.45, 2.75) is 12.5 Å². The summed E-state index contributed by atoms with van der Waals surface area (Å²) in [6, 6.07) is 11.3. The van der Waals surface area contributed by atoms with E-state index in [0.717, 1.165) is 4.90 Å². The Balaban J connectivity index is 1.87. The molecule has 8 heteroatoms. The number of benzene rings is 2. The number of anilines is 1. The molecule has 0 spiro atoms. The first-order valence-corrected chi connectivity index (χ1v) is 9.93. The first-order chi connectivity index (χ1) is 13.4. The SMILES string of the molecule is CSCCC(C(=O)Nc1cccc(C(=O)O)c1)N1C(=O)c2ccccc2C1=O. The molecule has 0 aromatic heterocycles. The molecule has 7 nitrogen and oxygen atoms in total. The third-order valence-electron chi connectivity index (χ3n) is 4.41. The van der Waals surface area contributed by atoms with Crippen LogP contribution < -0.4 is 5.32 Å². The molecule has 0 saturated carbocycles. The highest BCUT2D eigenvalue weighted by atomic mass is 32.2. The maximum Gasteiger partial charge on any atom is 0.335 e. The zero-order chi connectivity index (χ0) is 20.3. The van der Waals surface area contributed by atoms with Gasteiger partial charge in [0.25, 0.3) is 11.8 Å². The molecule has 28 heavy (non-hydrogen) atoms. The van der Waals surface area contributed by atoms with Gasteiger partial charge in [-0.05, 0) is 48.8 Å². The number of thioether (sulfide) groups is 1. The molecule has 0 saturated heterocycles. The molecule has 0 aliphatic carbocycles. The Hall–Kier alpha value is -3.13. The molecule has 1 atom stereocenters. The van der Waals surface area contributed by atoms with E-state index in [4.69, 9.17) is 5.11 Å². The third-order valence-corrected chi connectivity index (χ3v) is 5.06. The quantitative estimate of drug-likeness (QED) is 0.695. The molecule has 0 radical (unpaired) electrons. The van der Waals surface area contributed by atoms with Crippen molar-refractivity contribution < 1.29 is 24.3 Å². The number of aromatic carboxylic acids is 1. The Bertz CT molecular complexity index is 924. The number of hydrogen-bond donors (Lipinski definition) is 2. The summed E-state index contributed by atoms with van der Waals surface area (Å²) in [7, 11) is 0. The van der Waals surface area contributed by atoms with Gasteiger partial charge in [0.2, 0.25) is 5.91 Å². The predicted octanol–water partition coefficient (Wildman–Crippen LogP) is 2.74. The fourth-order valence-electron chi connectivity index (χ4n) is 3.05. The zero-order valence-electron chi connectivity index (χ0n) is 15.0. The van der Waals surface area contributed by atoms with E-state index in [-0.39, 0.29) is 28.8 Å². The van der Waals surface area contributed by atoms with Gasteiger partial charge in [-0.25, -0.2) is 4.79 Å². The molecule has 2 aromatic rings. The lowest BCUT2D eigenvalue weighted by atomic mass is 10.1. The molecule has 0 bridgehead atoms. The second kappa shape index (κ2) is 8.26. The Morgan fingerprint density at radius 1 is 1.07 bits per heavy atom. The first kappa shape index (κ1) is 19.6. The summed E-state index contributed by atoms with van der Waals surface area (Å²) in [4.78, 5) is 50.5. The standard InChI is InChI=1S/C20H18N2O5S/c1-28-10-9-16(17(23)21-13-6-4-5-12(11-13)20(26)27)22-18(24)14-7-2-3-8-15(14)19(22)25/h2-8,11,16H,9-10H2,1H3,(H,21,23)(H,26,27). The molecule has 3 amide bonds. The summed E-state index contributed by atoms with van der Waals surface area (Å²) in [5.41, 5.74) is 0.875. The largest absolute Gasteiger partial charge is 0.478 e. The van der Waals surface area contributed by atoms with Gasteiger partial charge in [0.05, 0.1) is 16.7 Å². The zero-order valence-corrected chi connectivity index (χ0v) is 15.9. The van der Waals surface area contributed by atoms with E-state index in [2.05, 4.69) is 5.32 Å². The third kappa shape index (κ3) is 3.77. The summed E-state index contributed by atoms with van der Waals surface area (Å²) in [6.07, 6.45) is 2.16. The highest BCUT2D eigenvalue weighted by Crippen LogP contribution is 2.27. The number of carbonyl (C=O) groups excluding carboxylic acids is 3. The smallest absolute Gasteiger partial charge is 0.335 e. The first-order valence-electron chi connectivity index (χ1n) is 8.54. The second-order valence-electron chi connectivity index (χ2n) is 6.20. The van der Waals surface area contributed by atoms with Crippen LogP contribution in [-0.2, 0) is 4.79 Å². The summed E-state index contributed by atoms with van der Waals surface area (Å²) in [5.74, 6) is -2.08. The summed E-state index contributed by atoms with van der Waals surface area (Å²) in [5, 5.41) is 11.7. The highest BCUT2D eigenvalue weighted by molar-refractivity contribution is 7.98. The number of carbonyl (C=O) groups is 4. The summed E-state index contributed by atoms with van der Waals surface area (Å²) >= 11 is 1.50. The van der Waals surface area contributed by atoms with Gasteiger partial charge in [-0.15, -0.1) is 0 Å². The molecule has 144 valence electrons. The number of rotatable bonds is 7. The highest BCUT2D eigenvalue weighted by Gasteiger charge is 2.42. The molecule has 2 N–H and O–H groups in total. The minimum atomic E-state index is -1.12. The van der Waals surface area contributed by atoms with Gasteiger partial charge in [-0.1, -0.05) is 18.2 Å². The van der Waals surface area contributed by atoms with Gasteiger partial charge in [-0.2, -0.15) is 11.8 Å². The average molecular weight is 398 g/mol. The van der Waals surface area contributed by atoms with Crippen molar-refractivity contribution in [1.82, 2.24) is 4.90 Å². The normalized spacial score (nSPS) is 14.0. The van der Waals surface area contributed by atoms with Crippen molar-refractivity contribution in [3.8, 4) is 0 Å². The van der Waals surface area contributed by atoms with Gasteiger partial charge < -0.3 is 10.4 Å². The van der Waals surface area contributed by atoms with Crippen LogP contribution in [-0.4, -0.2) is 51.7 Å². The average Bonchev–Trinajstić information content (AvgIpc) is 2.94. The van der Waals surface area contributed by atoms with Crippen LogP contribution in [0.25, 0.3) is 0 Å². The monoisotopic (exact) mass is 398 g/mol. The van der Waals surface area contributed by atoms with E-state index in [0.29, 0.717) is 5.75 Å². The maximum absolute atomic E-state index is 12.9. The molecule has 2 aromatic carbocycles. The minimum absolute atomic E-state index is 0.0270. The maximum atomic E-state index is 12.9. The number of nitrogens with one attached hydrogen (secondary N) is 1. The number of amides is 3. The number of carboxylic acids is 1. The fraction of sp³-hybridized carbons (Fsp3) is 0.200. The molecule has 3 rings (SSSR count). The van der Waals surface area contributed by atoms with Crippen LogP contribution in [0.4, 0.5) is 5.69 Å². The van der Waals surface area contributed by atoms with Crippen molar-refractivity contribution in [3.05, 3.63) is 65.2 Å². The molecular weight excluding hydrogens is 380 g/mol. The van der Waals surface area contributed by atoms with E-state index in [1.807, 2.05) is 6.26 Å². The van der Waals surface area contributed by atoms with E-state index in [1.54, 1.807) is 30.3 Å². The molecule has 1 heterocycles. The molecular formula is C20H18N2O5S.